The molecule has 0 atom stereocenters. The largest absolute Gasteiger partial charge is 0.456 e. The fourth-order valence-electron chi connectivity index (χ4n) is 1.18. The molecule has 0 saturated heterocycles. The summed E-state index contributed by atoms with van der Waals surface area (Å²) in [6, 6.07) is 0. The number of carbonyl (C=O) groups excluding carboxylic acids is 1. The number of esters is 1. The molecule has 5 heteroatoms. The number of methoxy groups -OCH3 is 1. The van der Waals surface area contributed by atoms with Crippen LogP contribution < -0.4 is 0 Å². The van der Waals surface area contributed by atoms with Gasteiger partial charge in [0.15, 0.2) is 0 Å². The van der Waals surface area contributed by atoms with Crippen molar-refractivity contribution in [2.24, 2.45) is 0 Å². The molecule has 106 valence electrons. The highest BCUT2D eigenvalue weighted by Crippen LogP contribution is 1.99. The van der Waals surface area contributed by atoms with Crippen molar-refractivity contribution in [1.82, 2.24) is 0 Å². The first-order valence-corrected chi connectivity index (χ1v) is 6.10. The zero-order valence-corrected chi connectivity index (χ0v) is 12.0. The Morgan fingerprint density at radius 2 is 1.72 bits per heavy atom. The molecule has 0 rings (SSSR count). The third-order valence-electron chi connectivity index (χ3n) is 2.55. The average Bonchev–Trinajstić information content (AvgIpc) is 2.28. The van der Waals surface area contributed by atoms with Gasteiger partial charge in [0.05, 0.1) is 33.9 Å². The van der Waals surface area contributed by atoms with E-state index < -0.39 is 0 Å². The molecule has 0 aliphatic carbocycles. The Labute approximate surface area is 110 Å². The Kier molecular flexibility index (Phi) is 8.62. The summed E-state index contributed by atoms with van der Waals surface area (Å²) < 4.78 is 16.1. The highest BCUT2D eigenvalue weighted by atomic mass is 16.5. The van der Waals surface area contributed by atoms with Crippen LogP contribution in [0, 0.1) is 0 Å². The summed E-state index contributed by atoms with van der Waals surface area (Å²) in [5, 5.41) is 0. The minimum absolute atomic E-state index is 0.327. The predicted molar refractivity (Wildman–Crippen MR) is 70.3 cm³/mol. The van der Waals surface area contributed by atoms with Crippen LogP contribution >= 0.6 is 0 Å². The van der Waals surface area contributed by atoms with E-state index in [-0.39, 0.29) is 5.97 Å². The maximum absolute atomic E-state index is 11.2. The number of nitrogens with zero attached hydrogens (tertiary/aromatic N) is 1. The monoisotopic (exact) mass is 260 g/mol. The van der Waals surface area contributed by atoms with E-state index in [1.807, 2.05) is 0 Å². The topological polar surface area (TPSA) is 44.8 Å². The summed E-state index contributed by atoms with van der Waals surface area (Å²) >= 11 is 0. The molecule has 0 aliphatic heterocycles. The van der Waals surface area contributed by atoms with Crippen molar-refractivity contribution in [3.63, 3.8) is 0 Å². The molecule has 0 aromatic carbocycles. The van der Waals surface area contributed by atoms with Gasteiger partial charge in [0.1, 0.15) is 19.7 Å². The van der Waals surface area contributed by atoms with Crippen LogP contribution in [0.1, 0.15) is 6.92 Å². The lowest BCUT2D eigenvalue weighted by molar-refractivity contribution is -0.890. The van der Waals surface area contributed by atoms with Crippen LogP contribution in [0.3, 0.4) is 0 Å². The Bertz CT molecular complexity index is 264. The van der Waals surface area contributed by atoms with Gasteiger partial charge in [0.2, 0.25) is 0 Å². The van der Waals surface area contributed by atoms with E-state index in [1.165, 1.54) is 0 Å². The molecule has 0 aromatic heterocycles. The van der Waals surface area contributed by atoms with Gasteiger partial charge >= 0.3 is 5.97 Å². The molecule has 0 aromatic rings. The molecule has 18 heavy (non-hydrogen) atoms. The Balaban J connectivity index is 3.66. The van der Waals surface area contributed by atoms with Crippen LogP contribution in [0.5, 0.6) is 0 Å². The summed E-state index contributed by atoms with van der Waals surface area (Å²) in [7, 11) is 5.81. The molecule has 0 amide bonds. The van der Waals surface area contributed by atoms with Crippen molar-refractivity contribution >= 4 is 5.97 Å². The first kappa shape index (κ1) is 17.1. The quantitative estimate of drug-likeness (QED) is 0.253. The second-order valence-electron chi connectivity index (χ2n) is 4.90. The van der Waals surface area contributed by atoms with E-state index in [2.05, 4.69) is 20.7 Å². The van der Waals surface area contributed by atoms with Crippen molar-refractivity contribution in [3.05, 3.63) is 12.2 Å². The first-order valence-electron chi connectivity index (χ1n) is 6.10. The Morgan fingerprint density at radius 3 is 2.28 bits per heavy atom. The van der Waals surface area contributed by atoms with Crippen LogP contribution in [0.4, 0.5) is 0 Å². The molecular formula is C13H26NO4+. The van der Waals surface area contributed by atoms with E-state index in [9.17, 15) is 4.79 Å². The molecule has 0 aliphatic rings. The Hall–Kier alpha value is -0.910. The molecule has 0 unspecified atom stereocenters. The molecule has 5 nitrogen and oxygen atoms in total. The van der Waals surface area contributed by atoms with Gasteiger partial charge in [0, 0.05) is 12.7 Å². The number of likely N-dealkylation sites (N-methyl/N-ethyl adjacent to an activating group) is 1. The van der Waals surface area contributed by atoms with Gasteiger partial charge in [-0.1, -0.05) is 6.58 Å². The second kappa shape index (κ2) is 9.08. The zero-order valence-electron chi connectivity index (χ0n) is 12.0. The van der Waals surface area contributed by atoms with Crippen molar-refractivity contribution in [2.75, 3.05) is 60.7 Å². The second-order valence-corrected chi connectivity index (χ2v) is 4.90. The van der Waals surface area contributed by atoms with Gasteiger partial charge in [-0.15, -0.1) is 0 Å². The number of hydrogen-bond acceptors (Lipinski definition) is 4. The van der Waals surface area contributed by atoms with Gasteiger partial charge in [-0.25, -0.2) is 4.79 Å². The van der Waals surface area contributed by atoms with Gasteiger partial charge in [-0.2, -0.15) is 0 Å². The van der Waals surface area contributed by atoms with Crippen LogP contribution in [0.25, 0.3) is 0 Å². The summed E-state index contributed by atoms with van der Waals surface area (Å²) in [6.45, 7) is 9.11. The summed E-state index contributed by atoms with van der Waals surface area (Å²) in [5.41, 5.74) is 0.434. The van der Waals surface area contributed by atoms with Crippen LogP contribution in [0.2, 0.25) is 0 Å². The smallest absolute Gasteiger partial charge is 0.333 e. The minimum Gasteiger partial charge on any atom is -0.456 e. The minimum atomic E-state index is -0.327. The molecule has 0 fully saturated rings. The first-order chi connectivity index (χ1) is 8.39. The number of quaternary nitrogens is 1. The predicted octanol–water partition coefficient (Wildman–Crippen LogP) is 0.845. The van der Waals surface area contributed by atoms with Crippen molar-refractivity contribution < 1.29 is 23.5 Å². The molecule has 0 N–H and O–H groups in total. The van der Waals surface area contributed by atoms with Gasteiger partial charge < -0.3 is 18.7 Å². The molecular weight excluding hydrogens is 234 g/mol. The number of hydrogen-bond donors (Lipinski definition) is 0. The lowest BCUT2D eigenvalue weighted by Crippen LogP contribution is -2.45. The lowest BCUT2D eigenvalue weighted by Gasteiger charge is -2.29. The lowest BCUT2D eigenvalue weighted by atomic mass is 10.4. The fourth-order valence-corrected chi connectivity index (χ4v) is 1.18. The van der Waals surface area contributed by atoms with Crippen LogP contribution in [-0.4, -0.2) is 71.2 Å². The van der Waals surface area contributed by atoms with E-state index >= 15 is 0 Å². The van der Waals surface area contributed by atoms with Crippen LogP contribution in [-0.2, 0) is 19.0 Å². The van der Waals surface area contributed by atoms with Crippen LogP contribution in [0.15, 0.2) is 12.2 Å². The van der Waals surface area contributed by atoms with Gasteiger partial charge in [-0.3, -0.25) is 0 Å². The summed E-state index contributed by atoms with van der Waals surface area (Å²) in [5.74, 6) is -0.327. The van der Waals surface area contributed by atoms with E-state index in [4.69, 9.17) is 14.2 Å². The summed E-state index contributed by atoms with van der Waals surface area (Å²) in [4.78, 5) is 11.2. The van der Waals surface area contributed by atoms with Gasteiger partial charge in [0.25, 0.3) is 0 Å². The van der Waals surface area contributed by atoms with E-state index in [0.29, 0.717) is 32.0 Å². The van der Waals surface area contributed by atoms with Crippen molar-refractivity contribution in [1.29, 1.82) is 0 Å². The van der Waals surface area contributed by atoms with E-state index in [0.717, 1.165) is 17.6 Å². The zero-order chi connectivity index (χ0) is 14.0. The number of ether oxygens (including phenoxy) is 3. The third kappa shape index (κ3) is 9.15. The summed E-state index contributed by atoms with van der Waals surface area (Å²) in [6.07, 6.45) is 0. The van der Waals surface area contributed by atoms with Crippen molar-refractivity contribution in [2.45, 2.75) is 6.92 Å². The highest BCUT2D eigenvalue weighted by Gasteiger charge is 2.15. The maximum Gasteiger partial charge on any atom is 0.333 e. The molecule has 0 radical (unpaired) electrons. The molecule has 0 heterocycles. The van der Waals surface area contributed by atoms with E-state index in [1.54, 1.807) is 14.0 Å². The SMILES string of the molecule is C=C(C)C(=O)OCC[N+](C)(C)CCOCCOC. The number of carbonyl (C=O) groups is 1. The standard InChI is InChI=1S/C13H26NO4/c1-12(2)13(15)18-9-7-14(3,4)6-8-17-11-10-16-5/h1,6-11H2,2-5H3/q+1. The van der Waals surface area contributed by atoms with Gasteiger partial charge in [-0.05, 0) is 6.92 Å². The molecule has 0 bridgehead atoms. The molecule has 0 spiro atoms. The average molecular weight is 260 g/mol. The highest BCUT2D eigenvalue weighted by molar-refractivity contribution is 5.86. The normalized spacial score (nSPS) is 11.3. The Morgan fingerprint density at radius 1 is 1.11 bits per heavy atom. The van der Waals surface area contributed by atoms with Crippen molar-refractivity contribution in [3.8, 4) is 0 Å². The number of rotatable bonds is 10. The third-order valence-corrected chi connectivity index (χ3v) is 2.55. The maximum atomic E-state index is 11.2. The fraction of sp³-hybridized carbons (Fsp3) is 0.769. The molecule has 0 saturated carbocycles.